The Morgan fingerprint density at radius 2 is 1.89 bits per heavy atom. The fourth-order valence-corrected chi connectivity index (χ4v) is 3.59. The molecule has 0 bridgehead atoms. The topological polar surface area (TPSA) is 35.6 Å². The molecule has 0 saturated carbocycles. The lowest BCUT2D eigenvalue weighted by atomic mass is 9.94. The molecule has 2 aromatic rings. The van der Waals surface area contributed by atoms with Crippen LogP contribution in [0.3, 0.4) is 0 Å². The van der Waals surface area contributed by atoms with Gasteiger partial charge in [-0.3, -0.25) is 9.69 Å². The fourth-order valence-electron chi connectivity index (χ4n) is 3.59. The number of rotatable bonds is 7. The van der Waals surface area contributed by atoms with E-state index < -0.39 is 0 Å². The maximum atomic E-state index is 13.6. The minimum absolute atomic E-state index is 0.0487. The molecular weight excluding hydrogens is 341 g/mol. The zero-order chi connectivity index (χ0) is 19.2. The number of halogens is 1. The van der Waals surface area contributed by atoms with E-state index in [1.807, 2.05) is 0 Å². The molecule has 0 aromatic heterocycles. The molecule has 4 nitrogen and oxygen atoms in total. The first kappa shape index (κ1) is 19.5. The predicted octanol–water partition coefficient (Wildman–Crippen LogP) is 2.82. The third-order valence-electron chi connectivity index (χ3n) is 5.29. The van der Waals surface area contributed by atoms with Crippen molar-refractivity contribution in [2.75, 3.05) is 27.2 Å². The average Bonchev–Trinajstić information content (AvgIpc) is 2.66. The molecule has 1 amide bonds. The first-order valence-corrected chi connectivity index (χ1v) is 9.48. The van der Waals surface area contributed by atoms with Crippen LogP contribution in [0.5, 0.6) is 0 Å². The Labute approximate surface area is 161 Å². The van der Waals surface area contributed by atoms with E-state index in [1.54, 1.807) is 18.2 Å². The number of benzene rings is 2. The Bertz CT molecular complexity index is 780. The lowest BCUT2D eigenvalue weighted by Gasteiger charge is -2.36. The van der Waals surface area contributed by atoms with Crippen molar-refractivity contribution in [2.24, 2.45) is 0 Å². The minimum Gasteiger partial charge on any atom is -0.352 e. The van der Waals surface area contributed by atoms with Crippen molar-refractivity contribution in [2.45, 2.75) is 32.0 Å². The number of carbonyl (C=O) groups is 1. The summed E-state index contributed by atoms with van der Waals surface area (Å²) in [5.41, 5.74) is 3.35. The summed E-state index contributed by atoms with van der Waals surface area (Å²) in [5.74, 6) is -0.331. The van der Waals surface area contributed by atoms with Gasteiger partial charge in [0, 0.05) is 44.2 Å². The Kier molecular flexibility index (Phi) is 6.58. The van der Waals surface area contributed by atoms with Crippen molar-refractivity contribution >= 4 is 5.91 Å². The van der Waals surface area contributed by atoms with Gasteiger partial charge in [-0.2, -0.15) is 0 Å². The lowest BCUT2D eigenvalue weighted by molar-refractivity contribution is -0.121. The van der Waals surface area contributed by atoms with Gasteiger partial charge in [-0.1, -0.05) is 42.5 Å². The highest BCUT2D eigenvalue weighted by atomic mass is 19.1. The summed E-state index contributed by atoms with van der Waals surface area (Å²) >= 11 is 0. The van der Waals surface area contributed by atoms with Gasteiger partial charge in [0.15, 0.2) is 0 Å². The normalized spacial score (nSPS) is 17.0. The molecule has 1 N–H and O–H groups in total. The third-order valence-corrected chi connectivity index (χ3v) is 5.29. The van der Waals surface area contributed by atoms with E-state index in [0.717, 1.165) is 19.5 Å². The summed E-state index contributed by atoms with van der Waals surface area (Å²) in [6.45, 7) is 2.82. The van der Waals surface area contributed by atoms with E-state index in [1.165, 1.54) is 17.2 Å². The summed E-state index contributed by atoms with van der Waals surface area (Å²) in [6.07, 6.45) is 1.45. The fraction of sp³-hybridized carbons (Fsp3) is 0.409. The SMILES string of the molecule is CN(CCC(=O)NCc1ccccc1F)C[C@H]1Cc2ccccc2CN1C. The largest absolute Gasteiger partial charge is 0.352 e. The first-order chi connectivity index (χ1) is 13.0. The number of hydrogen-bond donors (Lipinski definition) is 1. The summed E-state index contributed by atoms with van der Waals surface area (Å²) in [7, 11) is 4.22. The van der Waals surface area contributed by atoms with Gasteiger partial charge in [-0.05, 0) is 37.7 Å². The molecular formula is C22H28FN3O. The molecule has 0 spiro atoms. The molecule has 144 valence electrons. The van der Waals surface area contributed by atoms with E-state index in [0.29, 0.717) is 24.6 Å². The molecule has 0 radical (unpaired) electrons. The van der Waals surface area contributed by atoms with Gasteiger partial charge in [0.2, 0.25) is 5.91 Å². The highest BCUT2D eigenvalue weighted by Gasteiger charge is 2.24. The van der Waals surface area contributed by atoms with Crippen molar-refractivity contribution in [3.05, 3.63) is 71.0 Å². The summed E-state index contributed by atoms with van der Waals surface area (Å²) in [6, 6.07) is 15.6. The Morgan fingerprint density at radius 1 is 1.19 bits per heavy atom. The van der Waals surface area contributed by atoms with Crippen LogP contribution in [0.1, 0.15) is 23.1 Å². The molecule has 5 heteroatoms. The number of likely N-dealkylation sites (N-methyl/N-ethyl adjacent to an activating group) is 2. The molecule has 27 heavy (non-hydrogen) atoms. The molecule has 1 aliphatic heterocycles. The maximum Gasteiger partial charge on any atom is 0.221 e. The Balaban J connectivity index is 1.42. The molecule has 0 saturated heterocycles. The molecule has 1 atom stereocenters. The predicted molar refractivity (Wildman–Crippen MR) is 106 cm³/mol. The van der Waals surface area contributed by atoms with E-state index in [-0.39, 0.29) is 18.3 Å². The quantitative estimate of drug-likeness (QED) is 0.815. The Hall–Kier alpha value is -2.24. The van der Waals surface area contributed by atoms with Crippen molar-refractivity contribution in [3.8, 4) is 0 Å². The van der Waals surface area contributed by atoms with Crippen LogP contribution in [0.2, 0.25) is 0 Å². The van der Waals surface area contributed by atoms with Crippen LogP contribution in [-0.2, 0) is 24.3 Å². The van der Waals surface area contributed by atoms with Crippen molar-refractivity contribution in [1.82, 2.24) is 15.1 Å². The molecule has 1 aliphatic rings. The zero-order valence-corrected chi connectivity index (χ0v) is 16.1. The molecule has 0 fully saturated rings. The maximum absolute atomic E-state index is 13.6. The number of nitrogens with one attached hydrogen (secondary N) is 1. The smallest absolute Gasteiger partial charge is 0.221 e. The highest BCUT2D eigenvalue weighted by Crippen LogP contribution is 2.22. The zero-order valence-electron chi connectivity index (χ0n) is 16.1. The number of carbonyl (C=O) groups excluding carboxylic acids is 1. The van der Waals surface area contributed by atoms with E-state index >= 15 is 0 Å². The monoisotopic (exact) mass is 369 g/mol. The summed E-state index contributed by atoms with van der Waals surface area (Å²) in [4.78, 5) is 16.7. The molecule has 2 aromatic carbocycles. The number of nitrogens with zero attached hydrogens (tertiary/aromatic N) is 2. The van der Waals surface area contributed by atoms with E-state index in [4.69, 9.17) is 0 Å². The lowest BCUT2D eigenvalue weighted by Crippen LogP contribution is -2.45. The Morgan fingerprint density at radius 3 is 2.67 bits per heavy atom. The molecule has 0 aliphatic carbocycles. The van der Waals surface area contributed by atoms with Gasteiger partial charge in [0.25, 0.3) is 0 Å². The highest BCUT2D eigenvalue weighted by molar-refractivity contribution is 5.76. The second-order valence-corrected chi connectivity index (χ2v) is 7.42. The molecule has 1 heterocycles. The summed E-state index contributed by atoms with van der Waals surface area (Å²) in [5, 5.41) is 2.80. The second kappa shape index (κ2) is 9.11. The van der Waals surface area contributed by atoms with Gasteiger partial charge < -0.3 is 10.2 Å². The summed E-state index contributed by atoms with van der Waals surface area (Å²) < 4.78 is 13.6. The minimum atomic E-state index is -0.282. The van der Waals surface area contributed by atoms with Crippen molar-refractivity contribution < 1.29 is 9.18 Å². The van der Waals surface area contributed by atoms with Crippen LogP contribution in [0.25, 0.3) is 0 Å². The van der Waals surface area contributed by atoms with Gasteiger partial charge in [0.1, 0.15) is 5.82 Å². The van der Waals surface area contributed by atoms with Gasteiger partial charge in [-0.25, -0.2) is 4.39 Å². The van der Waals surface area contributed by atoms with Crippen molar-refractivity contribution in [1.29, 1.82) is 0 Å². The van der Waals surface area contributed by atoms with Gasteiger partial charge in [0.05, 0.1) is 0 Å². The molecule has 3 rings (SSSR count). The van der Waals surface area contributed by atoms with Crippen LogP contribution in [0.15, 0.2) is 48.5 Å². The van der Waals surface area contributed by atoms with Crippen LogP contribution in [0.4, 0.5) is 4.39 Å². The standard InChI is InChI=1S/C22H28FN3O/c1-25(12-11-22(27)24-14-18-8-5-6-10-21(18)23)16-20-13-17-7-3-4-9-19(17)15-26(20)2/h3-10,20H,11-16H2,1-2H3,(H,24,27)/t20-/m1/s1. The van der Waals surface area contributed by atoms with Gasteiger partial charge in [-0.15, -0.1) is 0 Å². The third kappa shape index (κ3) is 5.37. The number of amides is 1. The van der Waals surface area contributed by atoms with Crippen LogP contribution >= 0.6 is 0 Å². The van der Waals surface area contributed by atoms with Crippen LogP contribution < -0.4 is 5.32 Å². The molecule has 0 unspecified atom stereocenters. The van der Waals surface area contributed by atoms with Crippen LogP contribution in [0, 0.1) is 5.82 Å². The van der Waals surface area contributed by atoms with Crippen molar-refractivity contribution in [3.63, 3.8) is 0 Å². The average molecular weight is 369 g/mol. The number of hydrogen-bond acceptors (Lipinski definition) is 3. The van der Waals surface area contributed by atoms with E-state index in [9.17, 15) is 9.18 Å². The van der Waals surface area contributed by atoms with E-state index in [2.05, 4.69) is 53.5 Å². The van der Waals surface area contributed by atoms with Gasteiger partial charge >= 0.3 is 0 Å². The number of fused-ring (bicyclic) bond motifs is 1. The second-order valence-electron chi connectivity index (χ2n) is 7.42. The first-order valence-electron chi connectivity index (χ1n) is 9.48. The van der Waals surface area contributed by atoms with Crippen LogP contribution in [-0.4, -0.2) is 48.9 Å².